The molecule has 0 amide bonds. The molecule has 130 valence electrons. The lowest BCUT2D eigenvalue weighted by atomic mass is 9.92. The Balaban J connectivity index is 2.19. The molecule has 1 saturated heterocycles. The van der Waals surface area contributed by atoms with E-state index in [1.54, 1.807) is 0 Å². The van der Waals surface area contributed by atoms with E-state index in [1.165, 1.54) is 30.3 Å². The highest BCUT2D eigenvalue weighted by molar-refractivity contribution is 7.90. The second-order valence-corrected chi connectivity index (χ2v) is 7.68. The predicted octanol–water partition coefficient (Wildman–Crippen LogP) is 3.12. The lowest BCUT2D eigenvalue weighted by molar-refractivity contribution is -0.135. The van der Waals surface area contributed by atoms with E-state index in [2.05, 4.69) is 0 Å². The average molecular weight is 364 g/mol. The van der Waals surface area contributed by atoms with Crippen LogP contribution in [0.5, 0.6) is 0 Å². The van der Waals surface area contributed by atoms with Crippen LogP contribution < -0.4 is 0 Å². The molecule has 2 aromatic rings. The summed E-state index contributed by atoms with van der Waals surface area (Å²) >= 11 is 0. The van der Waals surface area contributed by atoms with E-state index in [9.17, 15) is 22.0 Å². The molecule has 0 atom stereocenters. The number of rotatable bonds is 3. The fraction of sp³-hybridized carbons (Fsp3) is 0.167. The second kappa shape index (κ2) is 6.40. The maximum atomic E-state index is 13.7. The minimum atomic E-state index is -3.37. The third-order valence-electron chi connectivity index (χ3n) is 3.91. The molecule has 0 aliphatic carbocycles. The Bertz CT molecular complexity index is 977. The van der Waals surface area contributed by atoms with E-state index in [4.69, 9.17) is 4.74 Å². The molecule has 0 radical (unpaired) electrons. The molecular formula is C18H14F2O4S. The fourth-order valence-corrected chi connectivity index (χ4v) is 3.33. The van der Waals surface area contributed by atoms with Crippen molar-refractivity contribution in [2.75, 3.05) is 12.9 Å². The van der Waals surface area contributed by atoms with E-state index in [-0.39, 0.29) is 11.5 Å². The highest BCUT2D eigenvalue weighted by Gasteiger charge is 2.25. The maximum absolute atomic E-state index is 13.7. The van der Waals surface area contributed by atoms with Crippen LogP contribution in [0.2, 0.25) is 0 Å². The number of hydrogen-bond acceptors (Lipinski definition) is 4. The lowest BCUT2D eigenvalue weighted by Gasteiger charge is -2.12. The molecule has 1 fully saturated rings. The first-order chi connectivity index (χ1) is 11.8. The van der Waals surface area contributed by atoms with E-state index in [0.717, 1.165) is 18.4 Å². The van der Waals surface area contributed by atoms with E-state index < -0.39 is 27.4 Å². The minimum absolute atomic E-state index is 0.125. The van der Waals surface area contributed by atoms with Crippen molar-refractivity contribution < 1.29 is 26.7 Å². The third-order valence-corrected chi connectivity index (χ3v) is 5.04. The Kier molecular flexibility index (Phi) is 4.43. The topological polar surface area (TPSA) is 60.4 Å². The minimum Gasteiger partial charge on any atom is -0.462 e. The van der Waals surface area contributed by atoms with Crippen LogP contribution in [-0.4, -0.2) is 27.2 Å². The second-order valence-electron chi connectivity index (χ2n) is 5.66. The summed E-state index contributed by atoms with van der Waals surface area (Å²) in [7, 11) is -3.37. The molecule has 0 saturated carbocycles. The van der Waals surface area contributed by atoms with E-state index in [1.807, 2.05) is 0 Å². The Morgan fingerprint density at radius 2 is 1.64 bits per heavy atom. The zero-order valence-corrected chi connectivity index (χ0v) is 14.1. The van der Waals surface area contributed by atoms with Crippen LogP contribution >= 0.6 is 0 Å². The molecule has 1 aliphatic heterocycles. The lowest BCUT2D eigenvalue weighted by Crippen LogP contribution is -2.03. The number of hydrogen-bond donors (Lipinski definition) is 0. The molecule has 0 spiro atoms. The molecule has 1 heterocycles. The molecule has 7 heteroatoms. The fourth-order valence-electron chi connectivity index (χ4n) is 2.70. The number of sulfone groups is 1. The summed E-state index contributed by atoms with van der Waals surface area (Å²) in [6.45, 7) is 0.211. The molecule has 0 unspecified atom stereocenters. The van der Waals surface area contributed by atoms with Gasteiger partial charge in [-0.2, -0.15) is 0 Å². The smallest absolute Gasteiger partial charge is 0.334 e. The van der Waals surface area contributed by atoms with Gasteiger partial charge in [0.25, 0.3) is 0 Å². The van der Waals surface area contributed by atoms with Gasteiger partial charge in [0, 0.05) is 18.2 Å². The van der Waals surface area contributed by atoms with Crippen molar-refractivity contribution in [1.29, 1.82) is 0 Å². The molecule has 3 rings (SSSR count). The van der Waals surface area contributed by atoms with Crippen LogP contribution in [0, 0.1) is 11.6 Å². The summed E-state index contributed by atoms with van der Waals surface area (Å²) in [6, 6.07) is 9.24. The molecule has 4 nitrogen and oxygen atoms in total. The van der Waals surface area contributed by atoms with Crippen molar-refractivity contribution in [3.05, 3.63) is 70.8 Å². The Morgan fingerprint density at radius 3 is 2.16 bits per heavy atom. The number of esters is 1. The molecule has 0 N–H and O–H groups in total. The first kappa shape index (κ1) is 17.3. The van der Waals surface area contributed by atoms with Gasteiger partial charge in [-0.25, -0.2) is 22.0 Å². The largest absolute Gasteiger partial charge is 0.462 e. The van der Waals surface area contributed by atoms with Crippen molar-refractivity contribution in [2.24, 2.45) is 0 Å². The maximum Gasteiger partial charge on any atom is 0.334 e. The zero-order valence-electron chi connectivity index (χ0n) is 13.3. The molecule has 0 aromatic heterocycles. The zero-order chi connectivity index (χ0) is 18.2. The number of carbonyl (C=O) groups excluding carboxylic acids is 1. The summed E-state index contributed by atoms with van der Waals surface area (Å²) in [5, 5.41) is 0. The van der Waals surface area contributed by atoms with Gasteiger partial charge < -0.3 is 4.74 Å². The quantitative estimate of drug-likeness (QED) is 0.620. The van der Waals surface area contributed by atoms with Gasteiger partial charge >= 0.3 is 5.97 Å². The number of carbonyl (C=O) groups is 1. The molecular weight excluding hydrogens is 350 g/mol. The first-order valence-corrected chi connectivity index (χ1v) is 9.32. The van der Waals surface area contributed by atoms with Gasteiger partial charge in [-0.15, -0.1) is 0 Å². The highest BCUT2D eigenvalue weighted by atomic mass is 32.2. The Labute approximate surface area is 143 Å². The monoisotopic (exact) mass is 364 g/mol. The van der Waals surface area contributed by atoms with Crippen molar-refractivity contribution in [2.45, 2.75) is 11.3 Å². The molecule has 1 aliphatic rings. The average Bonchev–Trinajstić information content (AvgIpc) is 2.97. The predicted molar refractivity (Wildman–Crippen MR) is 87.5 cm³/mol. The normalized spacial score (nSPS) is 16.7. The van der Waals surface area contributed by atoms with Crippen molar-refractivity contribution in [3.8, 4) is 0 Å². The third kappa shape index (κ3) is 3.46. The summed E-state index contributed by atoms with van der Waals surface area (Å²) < 4.78 is 55.1. The van der Waals surface area contributed by atoms with Gasteiger partial charge in [0.15, 0.2) is 21.5 Å². The molecule has 25 heavy (non-hydrogen) atoms. The number of cyclic esters (lactones) is 1. The van der Waals surface area contributed by atoms with Crippen LogP contribution in [-0.2, 0) is 19.4 Å². The summed E-state index contributed by atoms with van der Waals surface area (Å²) in [4.78, 5) is 12.1. The van der Waals surface area contributed by atoms with Gasteiger partial charge in [-0.05, 0) is 41.0 Å². The van der Waals surface area contributed by atoms with Crippen molar-refractivity contribution in [3.63, 3.8) is 0 Å². The van der Waals surface area contributed by atoms with E-state index >= 15 is 0 Å². The highest BCUT2D eigenvalue weighted by Crippen LogP contribution is 2.32. The van der Waals surface area contributed by atoms with Gasteiger partial charge in [-0.3, -0.25) is 0 Å². The van der Waals surface area contributed by atoms with Crippen molar-refractivity contribution >= 4 is 21.4 Å². The van der Waals surface area contributed by atoms with Gasteiger partial charge in [0.1, 0.15) is 0 Å². The SMILES string of the molecule is CS(=O)(=O)c1ccc(/C(=C2\CCOC2=O)c2ccc(F)c(F)c2)cc1. The van der Waals surface area contributed by atoms with Crippen molar-refractivity contribution in [1.82, 2.24) is 0 Å². The van der Waals surface area contributed by atoms with Gasteiger partial charge in [-0.1, -0.05) is 18.2 Å². The van der Waals surface area contributed by atoms with Crippen LogP contribution in [0.4, 0.5) is 8.78 Å². The first-order valence-electron chi connectivity index (χ1n) is 7.43. The van der Waals surface area contributed by atoms with Crippen LogP contribution in [0.25, 0.3) is 5.57 Å². The van der Waals surface area contributed by atoms with E-state index in [0.29, 0.717) is 28.7 Å². The van der Waals surface area contributed by atoms with Gasteiger partial charge in [0.2, 0.25) is 0 Å². The standard InChI is InChI=1S/C18H14F2O4S/c1-25(22,23)13-5-2-11(3-6-13)17(14-8-9-24-18(14)21)12-4-7-15(19)16(20)10-12/h2-7,10H,8-9H2,1H3/b17-14-. The van der Waals surface area contributed by atoms with Crippen LogP contribution in [0.15, 0.2) is 52.9 Å². The number of halogens is 2. The summed E-state index contributed by atoms with van der Waals surface area (Å²) in [6.07, 6.45) is 1.42. The number of ether oxygens (including phenoxy) is 1. The Morgan fingerprint density at radius 1 is 1.00 bits per heavy atom. The summed E-state index contributed by atoms with van der Waals surface area (Å²) in [5.41, 5.74) is 1.59. The van der Waals surface area contributed by atoms with Gasteiger partial charge in [0.05, 0.1) is 11.5 Å². The molecule has 0 bridgehead atoms. The number of benzene rings is 2. The van der Waals surface area contributed by atoms with Crippen LogP contribution in [0.1, 0.15) is 17.5 Å². The molecule has 2 aromatic carbocycles. The Hall–Kier alpha value is -2.54. The van der Waals surface area contributed by atoms with Crippen LogP contribution in [0.3, 0.4) is 0 Å². The summed E-state index contributed by atoms with van der Waals surface area (Å²) in [5.74, 6) is -2.55.